The summed E-state index contributed by atoms with van der Waals surface area (Å²) in [5.41, 5.74) is 1.64. The van der Waals surface area contributed by atoms with Crippen molar-refractivity contribution < 1.29 is 9.66 Å². The molecule has 2 aromatic rings. The largest absolute Gasteiger partial charge is 0.496 e. The first-order valence-electron chi connectivity index (χ1n) is 5.01. The van der Waals surface area contributed by atoms with Crippen molar-refractivity contribution in [3.8, 4) is 16.9 Å². The van der Waals surface area contributed by atoms with Crippen molar-refractivity contribution in [1.82, 2.24) is 0 Å². The third-order valence-electron chi connectivity index (χ3n) is 2.41. The molecule has 17 heavy (non-hydrogen) atoms. The Kier molecular flexibility index (Phi) is 3.05. The third-order valence-corrected chi connectivity index (χ3v) is 2.41. The van der Waals surface area contributed by atoms with E-state index in [9.17, 15) is 10.1 Å². The van der Waals surface area contributed by atoms with Gasteiger partial charge in [-0.2, -0.15) is 0 Å². The van der Waals surface area contributed by atoms with E-state index in [2.05, 4.69) is 6.07 Å². The molecular formula is C13H10NO3. The lowest BCUT2D eigenvalue weighted by Crippen LogP contribution is -1.90. The number of nitro groups is 1. The minimum atomic E-state index is -0.412. The molecule has 1 radical (unpaired) electrons. The van der Waals surface area contributed by atoms with Gasteiger partial charge in [0.25, 0.3) is 5.69 Å². The molecule has 0 aliphatic rings. The van der Waals surface area contributed by atoms with Gasteiger partial charge in [0.05, 0.1) is 12.0 Å². The molecule has 2 aromatic carbocycles. The van der Waals surface area contributed by atoms with E-state index >= 15 is 0 Å². The molecule has 0 N–H and O–H groups in total. The van der Waals surface area contributed by atoms with Crippen molar-refractivity contribution >= 4 is 5.69 Å². The molecule has 0 heterocycles. The minimum absolute atomic E-state index is 0.0670. The van der Waals surface area contributed by atoms with Crippen LogP contribution >= 0.6 is 0 Å². The maximum absolute atomic E-state index is 10.7. The predicted molar refractivity (Wildman–Crippen MR) is 63.9 cm³/mol. The highest BCUT2D eigenvalue weighted by Crippen LogP contribution is 2.31. The third kappa shape index (κ3) is 2.25. The second kappa shape index (κ2) is 4.65. The van der Waals surface area contributed by atoms with E-state index in [1.807, 2.05) is 12.1 Å². The van der Waals surface area contributed by atoms with Crippen LogP contribution in [0.2, 0.25) is 0 Å². The lowest BCUT2D eigenvalue weighted by atomic mass is 10.0. The highest BCUT2D eigenvalue weighted by molar-refractivity contribution is 5.72. The van der Waals surface area contributed by atoms with Crippen molar-refractivity contribution in [3.05, 3.63) is 58.6 Å². The monoisotopic (exact) mass is 228 g/mol. The summed E-state index contributed by atoms with van der Waals surface area (Å²) in [4.78, 5) is 10.3. The second-order valence-corrected chi connectivity index (χ2v) is 3.43. The van der Waals surface area contributed by atoms with Crippen molar-refractivity contribution in [2.24, 2.45) is 0 Å². The Bertz CT molecular complexity index is 552. The Labute approximate surface area is 98.6 Å². The average molecular weight is 228 g/mol. The van der Waals surface area contributed by atoms with Crippen LogP contribution in [0.5, 0.6) is 5.75 Å². The molecule has 0 bridgehead atoms. The van der Waals surface area contributed by atoms with Crippen LogP contribution in [0.3, 0.4) is 0 Å². The fraction of sp³-hybridized carbons (Fsp3) is 0.0769. The second-order valence-electron chi connectivity index (χ2n) is 3.43. The lowest BCUT2D eigenvalue weighted by Gasteiger charge is -2.07. The van der Waals surface area contributed by atoms with Crippen LogP contribution in [0.1, 0.15) is 0 Å². The maximum Gasteiger partial charge on any atom is 0.270 e. The first-order chi connectivity index (χ1) is 8.22. The summed E-state index contributed by atoms with van der Waals surface area (Å²) in [6.07, 6.45) is 0. The molecule has 0 saturated heterocycles. The lowest BCUT2D eigenvalue weighted by molar-refractivity contribution is -0.384. The molecule has 0 unspecified atom stereocenters. The van der Waals surface area contributed by atoms with Gasteiger partial charge in [-0.1, -0.05) is 24.3 Å². The van der Waals surface area contributed by atoms with Gasteiger partial charge in [0.15, 0.2) is 0 Å². The summed E-state index contributed by atoms with van der Waals surface area (Å²) >= 11 is 0. The molecule has 0 saturated carbocycles. The first kappa shape index (κ1) is 11.1. The highest BCUT2D eigenvalue weighted by atomic mass is 16.6. The van der Waals surface area contributed by atoms with Crippen molar-refractivity contribution in [1.29, 1.82) is 0 Å². The van der Waals surface area contributed by atoms with E-state index in [1.54, 1.807) is 25.3 Å². The number of nitrogens with zero attached hydrogens (tertiary/aromatic N) is 1. The van der Waals surface area contributed by atoms with Gasteiger partial charge in [-0.25, -0.2) is 0 Å². The fourth-order valence-electron chi connectivity index (χ4n) is 1.61. The number of hydrogen-bond donors (Lipinski definition) is 0. The Morgan fingerprint density at radius 1 is 1.35 bits per heavy atom. The Hall–Kier alpha value is -2.36. The number of ether oxygens (including phenoxy) is 1. The summed E-state index contributed by atoms with van der Waals surface area (Å²) in [7, 11) is 1.56. The van der Waals surface area contributed by atoms with E-state index < -0.39 is 4.92 Å². The highest BCUT2D eigenvalue weighted by Gasteiger charge is 2.09. The number of rotatable bonds is 3. The Morgan fingerprint density at radius 2 is 2.18 bits per heavy atom. The summed E-state index contributed by atoms with van der Waals surface area (Å²) in [6, 6.07) is 14.6. The van der Waals surface area contributed by atoms with Gasteiger partial charge in [0.1, 0.15) is 5.75 Å². The molecule has 2 rings (SSSR count). The van der Waals surface area contributed by atoms with Gasteiger partial charge in [0.2, 0.25) is 0 Å². The van der Waals surface area contributed by atoms with Gasteiger partial charge in [0, 0.05) is 17.7 Å². The zero-order valence-corrected chi connectivity index (χ0v) is 9.21. The summed E-state index contributed by atoms with van der Waals surface area (Å²) in [6.45, 7) is 0. The SMILES string of the molecule is COc1c[c]ccc1-c1cccc([N+](=O)[O-])c1. The summed E-state index contributed by atoms with van der Waals surface area (Å²) in [5, 5.41) is 10.7. The van der Waals surface area contributed by atoms with E-state index in [1.165, 1.54) is 12.1 Å². The Balaban J connectivity index is 2.52. The van der Waals surface area contributed by atoms with Crippen LogP contribution in [-0.4, -0.2) is 12.0 Å². The van der Waals surface area contributed by atoms with Crippen molar-refractivity contribution in [2.75, 3.05) is 7.11 Å². The number of non-ortho nitro benzene ring substituents is 1. The van der Waals surface area contributed by atoms with Gasteiger partial charge in [-0.15, -0.1) is 0 Å². The molecule has 0 aliphatic heterocycles. The molecule has 0 aliphatic carbocycles. The summed E-state index contributed by atoms with van der Waals surface area (Å²) in [5.74, 6) is 0.646. The van der Waals surface area contributed by atoms with Crippen LogP contribution < -0.4 is 4.74 Å². The molecule has 0 amide bonds. The van der Waals surface area contributed by atoms with Gasteiger partial charge < -0.3 is 4.74 Å². The average Bonchev–Trinajstić information content (AvgIpc) is 2.39. The van der Waals surface area contributed by atoms with E-state index in [0.29, 0.717) is 5.75 Å². The van der Waals surface area contributed by atoms with Crippen molar-refractivity contribution in [2.45, 2.75) is 0 Å². The first-order valence-corrected chi connectivity index (χ1v) is 5.01. The topological polar surface area (TPSA) is 52.4 Å². The smallest absolute Gasteiger partial charge is 0.270 e. The normalized spacial score (nSPS) is 9.94. The van der Waals surface area contributed by atoms with Crippen LogP contribution in [0, 0.1) is 16.2 Å². The number of methoxy groups -OCH3 is 1. The van der Waals surface area contributed by atoms with Gasteiger partial charge >= 0.3 is 0 Å². The van der Waals surface area contributed by atoms with E-state index in [-0.39, 0.29) is 5.69 Å². The molecule has 4 nitrogen and oxygen atoms in total. The Morgan fingerprint density at radius 3 is 2.88 bits per heavy atom. The van der Waals surface area contributed by atoms with E-state index in [0.717, 1.165) is 11.1 Å². The van der Waals surface area contributed by atoms with Gasteiger partial charge in [-0.3, -0.25) is 10.1 Å². The number of nitro benzene ring substituents is 1. The number of hydrogen-bond acceptors (Lipinski definition) is 3. The van der Waals surface area contributed by atoms with Crippen LogP contribution in [0.15, 0.2) is 42.5 Å². The molecule has 0 atom stereocenters. The van der Waals surface area contributed by atoms with Crippen LogP contribution in [-0.2, 0) is 0 Å². The molecular weight excluding hydrogens is 218 g/mol. The zero-order chi connectivity index (χ0) is 12.3. The molecule has 4 heteroatoms. The number of benzene rings is 2. The van der Waals surface area contributed by atoms with Crippen molar-refractivity contribution in [3.63, 3.8) is 0 Å². The minimum Gasteiger partial charge on any atom is -0.496 e. The predicted octanol–water partition coefficient (Wildman–Crippen LogP) is 3.07. The zero-order valence-electron chi connectivity index (χ0n) is 9.21. The quantitative estimate of drug-likeness (QED) is 0.599. The van der Waals surface area contributed by atoms with E-state index in [4.69, 9.17) is 4.74 Å². The molecule has 0 spiro atoms. The summed E-state index contributed by atoms with van der Waals surface area (Å²) < 4.78 is 5.20. The molecule has 0 fully saturated rings. The fourth-order valence-corrected chi connectivity index (χ4v) is 1.61. The maximum atomic E-state index is 10.7. The van der Waals surface area contributed by atoms with Crippen LogP contribution in [0.25, 0.3) is 11.1 Å². The molecule has 0 aromatic heterocycles. The van der Waals surface area contributed by atoms with Gasteiger partial charge in [-0.05, 0) is 17.7 Å². The van der Waals surface area contributed by atoms with Crippen LogP contribution in [0.4, 0.5) is 5.69 Å². The molecule has 85 valence electrons. The standard InChI is InChI=1S/C13H10NO3/c1-17-13-8-3-2-7-12(13)10-5-4-6-11(9-10)14(15)16/h2,4-9H,1H3.